The lowest BCUT2D eigenvalue weighted by atomic mass is 9.74. The fourth-order valence-corrected chi connectivity index (χ4v) is 5.68. The van der Waals surface area contributed by atoms with Crippen molar-refractivity contribution in [2.45, 2.75) is 56.7 Å². The fraction of sp³-hybridized carbons (Fsp3) is 0.520. The second kappa shape index (κ2) is 8.96. The van der Waals surface area contributed by atoms with Crippen LogP contribution < -0.4 is 0 Å². The number of rotatable bonds is 5. The zero-order chi connectivity index (χ0) is 20.3. The van der Waals surface area contributed by atoms with Gasteiger partial charge in [-0.1, -0.05) is 30.3 Å². The third kappa shape index (κ3) is 3.94. The summed E-state index contributed by atoms with van der Waals surface area (Å²) in [6.45, 7) is 4.38. The summed E-state index contributed by atoms with van der Waals surface area (Å²) >= 11 is 0. The van der Waals surface area contributed by atoms with E-state index in [2.05, 4.69) is 50.1 Å². The molecule has 0 amide bonds. The van der Waals surface area contributed by atoms with E-state index >= 15 is 0 Å². The van der Waals surface area contributed by atoms with Crippen molar-refractivity contribution in [3.05, 3.63) is 65.8 Å². The largest absolute Gasteiger partial charge is 0.395 e. The summed E-state index contributed by atoms with van der Waals surface area (Å²) in [5.41, 5.74) is 5.42. The van der Waals surface area contributed by atoms with Crippen LogP contribution in [0, 0.1) is 0 Å². The topological polar surface area (TPSA) is 52.5 Å². The van der Waals surface area contributed by atoms with Gasteiger partial charge in [0.25, 0.3) is 0 Å². The number of hydrogen-bond donors (Lipinski definition) is 1. The molecule has 5 nitrogen and oxygen atoms in total. The number of fused-ring (bicyclic) bond motifs is 1. The number of aliphatic hydroxyl groups is 1. The van der Waals surface area contributed by atoms with Crippen LogP contribution in [-0.2, 0) is 6.54 Å². The fourth-order valence-electron chi connectivity index (χ4n) is 5.68. The smallest absolute Gasteiger partial charge is 0.115 e. The molecule has 0 spiro atoms. The quantitative estimate of drug-likeness (QED) is 0.827. The molecular weight excluding hydrogens is 372 g/mol. The van der Waals surface area contributed by atoms with E-state index < -0.39 is 0 Å². The molecular formula is C25H32N4O. The Morgan fingerprint density at radius 2 is 1.80 bits per heavy atom. The first kappa shape index (κ1) is 19.9. The van der Waals surface area contributed by atoms with Gasteiger partial charge in [-0.25, -0.2) is 9.97 Å². The van der Waals surface area contributed by atoms with Crippen LogP contribution in [0.4, 0.5) is 0 Å². The van der Waals surface area contributed by atoms with Gasteiger partial charge in [0.05, 0.1) is 6.61 Å². The highest BCUT2D eigenvalue weighted by Gasteiger charge is 2.49. The molecule has 0 saturated carbocycles. The average molecular weight is 405 g/mol. The van der Waals surface area contributed by atoms with Crippen LogP contribution in [0.15, 0.2) is 49.1 Å². The molecule has 2 aromatic rings. The standard InChI is InChI=1S/C25H32N4O/c30-17-24-25(22-9-7-21(8-10-22)20-5-1-2-6-20)23-16-28(11-3-4-12-29(23)24)15-19-13-26-18-27-14-19/h5,7-10,13-14,18,23-25,30H,1-4,6,11-12,15-17H2/t23-,24-,25-/m1/s1. The number of benzene rings is 1. The van der Waals surface area contributed by atoms with E-state index in [1.165, 1.54) is 54.4 Å². The normalized spacial score (nSPS) is 27.6. The highest BCUT2D eigenvalue weighted by Crippen LogP contribution is 2.42. The van der Waals surface area contributed by atoms with Gasteiger partial charge in [-0.15, -0.1) is 0 Å². The van der Waals surface area contributed by atoms with Crippen LogP contribution in [0.3, 0.4) is 0 Å². The summed E-state index contributed by atoms with van der Waals surface area (Å²) in [4.78, 5) is 13.5. The van der Waals surface area contributed by atoms with Crippen LogP contribution in [-0.4, -0.2) is 63.2 Å². The van der Waals surface area contributed by atoms with Crippen LogP contribution in [0.1, 0.15) is 54.7 Å². The van der Waals surface area contributed by atoms with E-state index in [4.69, 9.17) is 0 Å². The molecule has 158 valence electrons. The van der Waals surface area contributed by atoms with E-state index in [0.29, 0.717) is 12.0 Å². The van der Waals surface area contributed by atoms with Crippen molar-refractivity contribution in [1.82, 2.24) is 19.8 Å². The van der Waals surface area contributed by atoms with E-state index in [0.717, 1.165) is 26.2 Å². The summed E-state index contributed by atoms with van der Waals surface area (Å²) in [7, 11) is 0. The van der Waals surface area contributed by atoms with Crippen molar-refractivity contribution in [3.8, 4) is 0 Å². The lowest BCUT2D eigenvalue weighted by Crippen LogP contribution is -2.67. The zero-order valence-electron chi connectivity index (χ0n) is 17.7. The molecule has 5 heteroatoms. The Balaban J connectivity index is 1.34. The zero-order valence-corrected chi connectivity index (χ0v) is 17.7. The van der Waals surface area contributed by atoms with Crippen molar-refractivity contribution >= 4 is 5.57 Å². The molecule has 0 unspecified atom stereocenters. The molecule has 0 radical (unpaired) electrons. The lowest BCUT2D eigenvalue weighted by molar-refractivity contribution is -0.0655. The summed E-state index contributed by atoms with van der Waals surface area (Å²) in [6.07, 6.45) is 13.9. The van der Waals surface area contributed by atoms with Gasteiger partial charge in [0.15, 0.2) is 0 Å². The van der Waals surface area contributed by atoms with Gasteiger partial charge in [-0.2, -0.15) is 0 Å². The molecule has 1 aromatic heterocycles. The molecule has 5 rings (SSSR count). The number of aliphatic hydroxyl groups excluding tert-OH is 1. The second-order valence-corrected chi connectivity index (χ2v) is 9.01. The van der Waals surface area contributed by atoms with E-state index in [1.807, 2.05) is 12.4 Å². The van der Waals surface area contributed by atoms with E-state index in [-0.39, 0.29) is 12.6 Å². The minimum atomic E-state index is 0.237. The van der Waals surface area contributed by atoms with Gasteiger partial charge >= 0.3 is 0 Å². The third-order valence-corrected chi connectivity index (χ3v) is 7.18. The molecule has 2 aliphatic heterocycles. The Labute approximate surface area is 179 Å². The van der Waals surface area contributed by atoms with E-state index in [1.54, 1.807) is 6.33 Å². The Morgan fingerprint density at radius 1 is 1.00 bits per heavy atom. The van der Waals surface area contributed by atoms with Crippen LogP contribution in [0.2, 0.25) is 0 Å². The number of allylic oxidation sites excluding steroid dienone is 2. The Kier molecular flexibility index (Phi) is 5.93. The molecule has 30 heavy (non-hydrogen) atoms. The minimum absolute atomic E-state index is 0.237. The summed E-state index contributed by atoms with van der Waals surface area (Å²) in [5, 5.41) is 10.2. The van der Waals surface area contributed by atoms with Gasteiger partial charge in [-0.05, 0) is 61.9 Å². The molecule has 1 aliphatic carbocycles. The SMILES string of the molecule is OC[C@@H]1[C@H](c2ccc(C3=CCCC3)cc2)[C@H]2CN(Cc3cncnc3)CCCCN12. The van der Waals surface area contributed by atoms with Gasteiger partial charge in [0.1, 0.15) is 6.33 Å². The first-order valence-electron chi connectivity index (χ1n) is 11.5. The first-order chi connectivity index (χ1) is 14.8. The maximum Gasteiger partial charge on any atom is 0.115 e. The monoisotopic (exact) mass is 404 g/mol. The summed E-state index contributed by atoms with van der Waals surface area (Å²) in [6, 6.07) is 9.92. The van der Waals surface area contributed by atoms with E-state index in [9.17, 15) is 5.11 Å². The Morgan fingerprint density at radius 3 is 2.53 bits per heavy atom. The Hall–Kier alpha value is -2.08. The average Bonchev–Trinajstić information content (AvgIpc) is 3.30. The maximum absolute atomic E-state index is 10.2. The van der Waals surface area contributed by atoms with Crippen LogP contribution in [0.5, 0.6) is 0 Å². The predicted octanol–water partition coefficient (Wildman–Crippen LogP) is 3.47. The van der Waals surface area contributed by atoms with Crippen molar-refractivity contribution in [1.29, 1.82) is 0 Å². The van der Waals surface area contributed by atoms with Crippen molar-refractivity contribution in [3.63, 3.8) is 0 Å². The first-order valence-corrected chi connectivity index (χ1v) is 11.5. The van der Waals surface area contributed by atoms with Crippen molar-refractivity contribution in [2.75, 3.05) is 26.2 Å². The van der Waals surface area contributed by atoms with Gasteiger partial charge in [-0.3, -0.25) is 9.80 Å². The second-order valence-electron chi connectivity index (χ2n) is 9.01. The van der Waals surface area contributed by atoms with Gasteiger partial charge < -0.3 is 5.11 Å². The lowest BCUT2D eigenvalue weighted by Gasteiger charge is -2.57. The van der Waals surface area contributed by atoms with Gasteiger partial charge in [0, 0.05) is 49.0 Å². The summed E-state index contributed by atoms with van der Waals surface area (Å²) < 4.78 is 0. The molecule has 2 fully saturated rings. The highest BCUT2D eigenvalue weighted by molar-refractivity contribution is 5.67. The van der Waals surface area contributed by atoms with Gasteiger partial charge in [0.2, 0.25) is 0 Å². The third-order valence-electron chi connectivity index (χ3n) is 7.18. The predicted molar refractivity (Wildman–Crippen MR) is 119 cm³/mol. The van der Waals surface area contributed by atoms with Crippen molar-refractivity contribution < 1.29 is 5.11 Å². The Bertz CT molecular complexity index is 866. The highest BCUT2D eigenvalue weighted by atomic mass is 16.3. The molecule has 3 aliphatic rings. The molecule has 0 bridgehead atoms. The minimum Gasteiger partial charge on any atom is -0.395 e. The number of hydrogen-bond acceptors (Lipinski definition) is 5. The number of aromatic nitrogens is 2. The van der Waals surface area contributed by atoms with Crippen LogP contribution >= 0.6 is 0 Å². The van der Waals surface area contributed by atoms with Crippen molar-refractivity contribution in [2.24, 2.45) is 0 Å². The maximum atomic E-state index is 10.2. The summed E-state index contributed by atoms with van der Waals surface area (Å²) in [5.74, 6) is 0.397. The number of nitrogens with zero attached hydrogens (tertiary/aromatic N) is 4. The molecule has 2 saturated heterocycles. The van der Waals surface area contributed by atoms with Crippen LogP contribution in [0.25, 0.3) is 5.57 Å². The molecule has 3 atom stereocenters. The molecule has 1 N–H and O–H groups in total. The molecule has 3 heterocycles. The molecule has 1 aromatic carbocycles.